The highest BCUT2D eigenvalue weighted by Gasteiger charge is 2.37. The third-order valence-corrected chi connectivity index (χ3v) is 3.40. The summed E-state index contributed by atoms with van der Waals surface area (Å²) in [5.74, 6) is 0. The van der Waals surface area contributed by atoms with Crippen molar-refractivity contribution in [2.45, 2.75) is 45.6 Å². The summed E-state index contributed by atoms with van der Waals surface area (Å²) in [6.07, 6.45) is -0.890. The molecule has 0 bridgehead atoms. The second-order valence-electron chi connectivity index (χ2n) is 4.48. The predicted octanol–water partition coefficient (Wildman–Crippen LogP) is 3.21. The van der Waals surface area contributed by atoms with Gasteiger partial charge in [0.25, 0.3) is 0 Å². The summed E-state index contributed by atoms with van der Waals surface area (Å²) in [5.41, 5.74) is 0.522. The molecule has 0 amide bonds. The van der Waals surface area contributed by atoms with Crippen molar-refractivity contribution in [3.8, 4) is 0 Å². The minimum absolute atomic E-state index is 0.295. The zero-order valence-electron chi connectivity index (χ0n) is 9.88. The molecule has 0 saturated heterocycles. The van der Waals surface area contributed by atoms with Gasteiger partial charge in [-0.25, -0.2) is 0 Å². The molecule has 0 radical (unpaired) electrons. The molecule has 1 aliphatic rings. The molecule has 1 aliphatic heterocycles. The Morgan fingerprint density at radius 2 is 2.06 bits per heavy atom. The molecule has 1 atom stereocenters. The lowest BCUT2D eigenvalue weighted by molar-refractivity contribution is -0.138. The van der Waals surface area contributed by atoms with Crippen LogP contribution in [0.1, 0.15) is 37.0 Å². The minimum Gasteiger partial charge on any atom is -0.292 e. The number of aromatic nitrogens is 1. The zero-order chi connectivity index (χ0) is 12.6. The monoisotopic (exact) mass is 244 g/mol. The molecule has 2 rings (SSSR count). The molecule has 5 heteroatoms. The van der Waals surface area contributed by atoms with Crippen LogP contribution in [-0.4, -0.2) is 15.9 Å². The first-order chi connectivity index (χ1) is 7.93. The van der Waals surface area contributed by atoms with Gasteiger partial charge in [0.05, 0.1) is 5.56 Å². The van der Waals surface area contributed by atoms with Crippen LogP contribution in [0, 0.1) is 0 Å². The van der Waals surface area contributed by atoms with E-state index in [-0.39, 0.29) is 0 Å². The highest BCUT2D eigenvalue weighted by atomic mass is 19.4. The normalized spacial score (nSPS) is 18.2. The smallest absolute Gasteiger partial charge is 0.292 e. The lowest BCUT2D eigenvalue weighted by Gasteiger charge is -2.22. The Morgan fingerprint density at radius 3 is 2.65 bits per heavy atom. The quantitative estimate of drug-likeness (QED) is 0.794. The second kappa shape index (κ2) is 4.29. The molecule has 1 aromatic rings. The van der Waals surface area contributed by atoms with E-state index >= 15 is 0 Å². The van der Waals surface area contributed by atoms with E-state index in [1.54, 1.807) is 6.20 Å². The Balaban J connectivity index is 2.32. The van der Waals surface area contributed by atoms with Crippen LogP contribution >= 0.6 is 0 Å². The van der Waals surface area contributed by atoms with Crippen molar-refractivity contribution in [1.82, 2.24) is 9.88 Å². The van der Waals surface area contributed by atoms with Crippen LogP contribution in [0.3, 0.4) is 0 Å². The third-order valence-electron chi connectivity index (χ3n) is 3.40. The fraction of sp³-hybridized carbons (Fsp3) is 0.583. The summed E-state index contributed by atoms with van der Waals surface area (Å²) in [6.45, 7) is 5.02. The maximum absolute atomic E-state index is 12.8. The molecule has 0 saturated carbocycles. The van der Waals surface area contributed by atoms with Crippen LogP contribution in [-0.2, 0) is 19.3 Å². The molecule has 1 unspecified atom stereocenters. The largest absolute Gasteiger partial charge is 0.418 e. The molecular formula is C12H15F3N2. The van der Waals surface area contributed by atoms with E-state index in [0.29, 0.717) is 30.3 Å². The first-order valence-electron chi connectivity index (χ1n) is 5.70. The Kier molecular flexibility index (Phi) is 3.12. The molecule has 1 aromatic heterocycles. The van der Waals surface area contributed by atoms with Gasteiger partial charge in [-0.3, -0.25) is 9.88 Å². The van der Waals surface area contributed by atoms with Crippen LogP contribution in [0.15, 0.2) is 12.4 Å². The van der Waals surface area contributed by atoms with Crippen LogP contribution in [0.4, 0.5) is 13.2 Å². The number of hydrogen-bond donors (Lipinski definition) is 0. The molecule has 0 N–H and O–H groups in total. The summed E-state index contributed by atoms with van der Waals surface area (Å²) >= 11 is 0. The molecule has 2 nitrogen and oxygen atoms in total. The van der Waals surface area contributed by atoms with Crippen molar-refractivity contribution >= 4 is 0 Å². The van der Waals surface area contributed by atoms with Crippen molar-refractivity contribution in [3.63, 3.8) is 0 Å². The van der Waals surface area contributed by atoms with Gasteiger partial charge in [0.15, 0.2) is 0 Å². The van der Waals surface area contributed by atoms with Gasteiger partial charge in [0, 0.05) is 31.5 Å². The van der Waals surface area contributed by atoms with Crippen molar-refractivity contribution in [2.75, 3.05) is 0 Å². The van der Waals surface area contributed by atoms with Gasteiger partial charge in [-0.1, -0.05) is 6.92 Å². The van der Waals surface area contributed by atoms with Gasteiger partial charge in [0.1, 0.15) is 0 Å². The Labute approximate surface area is 98.5 Å². The second-order valence-corrected chi connectivity index (χ2v) is 4.48. The van der Waals surface area contributed by atoms with E-state index in [1.165, 1.54) is 0 Å². The van der Waals surface area contributed by atoms with Gasteiger partial charge < -0.3 is 0 Å². The Hall–Kier alpha value is -1.10. The molecule has 17 heavy (non-hydrogen) atoms. The summed E-state index contributed by atoms with van der Waals surface area (Å²) in [7, 11) is 0. The molecule has 94 valence electrons. The number of hydrogen-bond acceptors (Lipinski definition) is 2. The van der Waals surface area contributed by atoms with Gasteiger partial charge in [-0.2, -0.15) is 13.2 Å². The number of nitrogens with zero attached hydrogens (tertiary/aromatic N) is 2. The van der Waals surface area contributed by atoms with Crippen LogP contribution in [0.5, 0.6) is 0 Å². The van der Waals surface area contributed by atoms with E-state index < -0.39 is 11.7 Å². The zero-order valence-corrected chi connectivity index (χ0v) is 9.88. The van der Waals surface area contributed by atoms with Gasteiger partial charge in [-0.05, 0) is 24.5 Å². The summed E-state index contributed by atoms with van der Waals surface area (Å²) < 4.78 is 38.4. The average molecular weight is 244 g/mol. The third kappa shape index (κ3) is 2.29. The lowest BCUT2D eigenvalue weighted by Crippen LogP contribution is -2.27. The number of rotatable bonds is 2. The Bertz CT molecular complexity index is 415. The van der Waals surface area contributed by atoms with Gasteiger partial charge in [-0.15, -0.1) is 0 Å². The SMILES string of the molecule is CCC(C)N1Cc2cncc(C(F)(F)F)c2C1. The van der Waals surface area contributed by atoms with Gasteiger partial charge in [0.2, 0.25) is 0 Å². The number of alkyl halides is 3. The number of fused-ring (bicyclic) bond motifs is 1. The van der Waals surface area contributed by atoms with E-state index in [1.807, 2.05) is 13.8 Å². The first kappa shape index (κ1) is 12.4. The van der Waals surface area contributed by atoms with E-state index in [9.17, 15) is 13.2 Å². The fourth-order valence-electron chi connectivity index (χ4n) is 2.15. The average Bonchev–Trinajstić information content (AvgIpc) is 2.69. The molecule has 2 heterocycles. The van der Waals surface area contributed by atoms with E-state index in [2.05, 4.69) is 9.88 Å². The van der Waals surface area contributed by atoms with Crippen molar-refractivity contribution < 1.29 is 13.2 Å². The molecule has 0 fully saturated rings. The first-order valence-corrected chi connectivity index (χ1v) is 5.70. The number of pyridine rings is 1. The maximum Gasteiger partial charge on any atom is 0.418 e. The highest BCUT2D eigenvalue weighted by molar-refractivity contribution is 5.36. The Morgan fingerprint density at radius 1 is 1.35 bits per heavy atom. The van der Waals surface area contributed by atoms with Gasteiger partial charge >= 0.3 is 6.18 Å². The molecule has 0 aromatic carbocycles. The van der Waals surface area contributed by atoms with Crippen molar-refractivity contribution in [1.29, 1.82) is 0 Å². The maximum atomic E-state index is 12.8. The van der Waals surface area contributed by atoms with Crippen LogP contribution in [0.2, 0.25) is 0 Å². The summed E-state index contributed by atoms with van der Waals surface area (Å²) in [6, 6.07) is 0.295. The summed E-state index contributed by atoms with van der Waals surface area (Å²) in [4.78, 5) is 5.75. The lowest BCUT2D eigenvalue weighted by atomic mass is 10.1. The van der Waals surface area contributed by atoms with Crippen LogP contribution in [0.25, 0.3) is 0 Å². The predicted molar refractivity (Wildman–Crippen MR) is 58.2 cm³/mol. The molecule has 0 aliphatic carbocycles. The minimum atomic E-state index is -4.30. The highest BCUT2D eigenvalue weighted by Crippen LogP contribution is 2.36. The van der Waals surface area contributed by atoms with Crippen LogP contribution < -0.4 is 0 Å². The topological polar surface area (TPSA) is 16.1 Å². The fourth-order valence-corrected chi connectivity index (χ4v) is 2.15. The van der Waals surface area contributed by atoms with Crippen molar-refractivity contribution in [3.05, 3.63) is 29.1 Å². The van der Waals surface area contributed by atoms with E-state index in [4.69, 9.17) is 0 Å². The summed E-state index contributed by atoms with van der Waals surface area (Å²) in [5, 5.41) is 0. The van der Waals surface area contributed by atoms with Crippen molar-refractivity contribution in [2.24, 2.45) is 0 Å². The standard InChI is InChI=1S/C12H15F3N2/c1-3-8(2)17-6-9-4-16-5-11(10(9)7-17)12(13,14)15/h4-5,8H,3,6-7H2,1-2H3. The number of halogens is 3. The molecule has 0 spiro atoms. The van der Waals surface area contributed by atoms with E-state index in [0.717, 1.165) is 12.6 Å². The molecular weight excluding hydrogens is 229 g/mol.